The fourth-order valence-corrected chi connectivity index (χ4v) is 4.89. The van der Waals surface area contributed by atoms with Crippen LogP contribution >= 0.6 is 0 Å². The normalized spacial score (nSPS) is 18.7. The highest BCUT2D eigenvalue weighted by atomic mass is 32.2. The van der Waals surface area contributed by atoms with Crippen LogP contribution in [-0.4, -0.2) is 31.6 Å². The molecule has 0 unspecified atom stereocenters. The Morgan fingerprint density at radius 2 is 1.71 bits per heavy atom. The van der Waals surface area contributed by atoms with E-state index in [1.165, 1.54) is 4.31 Å². The average molecular weight is 363 g/mol. The van der Waals surface area contributed by atoms with Crippen molar-refractivity contribution in [2.45, 2.75) is 39.5 Å². The van der Waals surface area contributed by atoms with E-state index >= 15 is 0 Å². The summed E-state index contributed by atoms with van der Waals surface area (Å²) in [6.07, 6.45) is 2.31. The molecule has 1 atom stereocenters. The van der Waals surface area contributed by atoms with E-state index in [9.17, 15) is 21.6 Å². The van der Waals surface area contributed by atoms with E-state index in [1.54, 1.807) is 0 Å². The number of sulfonamides is 1. The van der Waals surface area contributed by atoms with Crippen LogP contribution in [0.4, 0.5) is 13.2 Å². The van der Waals surface area contributed by atoms with Crippen LogP contribution in [0, 0.1) is 29.3 Å². The van der Waals surface area contributed by atoms with Crippen molar-refractivity contribution in [3.8, 4) is 0 Å². The van der Waals surface area contributed by atoms with E-state index in [-0.39, 0.29) is 23.2 Å². The Balaban J connectivity index is 1.96. The first-order chi connectivity index (χ1) is 11.2. The maximum absolute atomic E-state index is 13.8. The minimum Gasteiger partial charge on any atom is -0.212 e. The third-order valence-corrected chi connectivity index (χ3v) is 6.87. The highest BCUT2D eigenvalue weighted by molar-refractivity contribution is 7.89. The molecule has 1 fully saturated rings. The Bertz CT molecular complexity index is 671. The largest absolute Gasteiger partial charge is 0.214 e. The summed E-state index contributed by atoms with van der Waals surface area (Å²) in [5.74, 6) is -2.49. The summed E-state index contributed by atoms with van der Waals surface area (Å²) in [5, 5.41) is 0. The van der Waals surface area contributed by atoms with Gasteiger partial charge < -0.3 is 0 Å². The number of nitrogens with zero attached hydrogens (tertiary/aromatic N) is 1. The zero-order chi connectivity index (χ0) is 17.9. The summed E-state index contributed by atoms with van der Waals surface area (Å²) in [4.78, 5) is 0. The van der Waals surface area contributed by atoms with Gasteiger partial charge in [0.15, 0.2) is 11.6 Å². The quantitative estimate of drug-likeness (QED) is 0.722. The van der Waals surface area contributed by atoms with Crippen molar-refractivity contribution in [2.75, 3.05) is 18.8 Å². The van der Waals surface area contributed by atoms with E-state index in [1.807, 2.05) is 13.8 Å². The van der Waals surface area contributed by atoms with E-state index in [0.717, 1.165) is 6.07 Å². The molecule has 0 radical (unpaired) electrons. The lowest BCUT2D eigenvalue weighted by atomic mass is 9.82. The minimum absolute atomic E-state index is 0.0698. The van der Waals surface area contributed by atoms with Gasteiger partial charge in [0.25, 0.3) is 0 Å². The molecule has 2 rings (SSSR count). The Morgan fingerprint density at radius 1 is 1.12 bits per heavy atom. The molecule has 1 aromatic rings. The van der Waals surface area contributed by atoms with Gasteiger partial charge in [-0.1, -0.05) is 13.8 Å². The van der Waals surface area contributed by atoms with Crippen LogP contribution in [0.1, 0.15) is 38.7 Å². The lowest BCUT2D eigenvalue weighted by Gasteiger charge is -2.34. The van der Waals surface area contributed by atoms with Crippen molar-refractivity contribution < 1.29 is 21.6 Å². The summed E-state index contributed by atoms with van der Waals surface area (Å²) < 4.78 is 65.7. The predicted molar refractivity (Wildman–Crippen MR) is 87.6 cm³/mol. The zero-order valence-electron chi connectivity index (χ0n) is 14.1. The summed E-state index contributed by atoms with van der Waals surface area (Å²) >= 11 is 0. The van der Waals surface area contributed by atoms with E-state index in [4.69, 9.17) is 0 Å². The Labute approximate surface area is 141 Å². The Kier molecular flexibility index (Phi) is 6.31. The van der Waals surface area contributed by atoms with E-state index in [2.05, 4.69) is 0 Å². The molecule has 0 amide bonds. The number of hydrogen-bond donors (Lipinski definition) is 0. The van der Waals surface area contributed by atoms with Crippen LogP contribution < -0.4 is 0 Å². The molecule has 1 saturated heterocycles. The maximum atomic E-state index is 13.8. The van der Waals surface area contributed by atoms with Gasteiger partial charge in [0.05, 0.1) is 5.75 Å². The topological polar surface area (TPSA) is 37.4 Å². The maximum Gasteiger partial charge on any atom is 0.214 e. The van der Waals surface area contributed by atoms with Gasteiger partial charge >= 0.3 is 0 Å². The summed E-state index contributed by atoms with van der Waals surface area (Å²) in [6.45, 7) is 4.72. The molecule has 7 heteroatoms. The molecule has 136 valence electrons. The Hall–Kier alpha value is -1.08. The first kappa shape index (κ1) is 19.2. The second-order valence-corrected chi connectivity index (χ2v) is 8.68. The third kappa shape index (κ3) is 4.51. The van der Waals surface area contributed by atoms with Crippen LogP contribution in [0.5, 0.6) is 0 Å². The number of piperidine rings is 1. The second-order valence-electron chi connectivity index (χ2n) is 6.59. The van der Waals surface area contributed by atoms with Crippen molar-refractivity contribution >= 4 is 10.0 Å². The highest BCUT2D eigenvalue weighted by Crippen LogP contribution is 2.29. The van der Waals surface area contributed by atoms with Crippen LogP contribution in [-0.2, 0) is 16.4 Å². The van der Waals surface area contributed by atoms with Gasteiger partial charge in [0, 0.05) is 19.2 Å². The summed E-state index contributed by atoms with van der Waals surface area (Å²) in [6, 6.07) is 1.50. The molecular weight excluding hydrogens is 339 g/mol. The first-order valence-electron chi connectivity index (χ1n) is 8.35. The predicted octanol–water partition coefficient (Wildman–Crippen LogP) is 3.73. The molecule has 1 heterocycles. The van der Waals surface area contributed by atoms with Crippen molar-refractivity contribution in [3.63, 3.8) is 0 Å². The second kappa shape index (κ2) is 7.87. The number of rotatable bonds is 6. The lowest BCUT2D eigenvalue weighted by Crippen LogP contribution is -2.41. The zero-order valence-corrected chi connectivity index (χ0v) is 14.9. The van der Waals surface area contributed by atoms with Crippen LogP contribution in [0.2, 0.25) is 0 Å². The van der Waals surface area contributed by atoms with Crippen molar-refractivity contribution in [1.29, 1.82) is 0 Å². The van der Waals surface area contributed by atoms with Gasteiger partial charge in [0.2, 0.25) is 10.0 Å². The molecule has 1 aliphatic rings. The van der Waals surface area contributed by atoms with Gasteiger partial charge in [-0.2, -0.15) is 0 Å². The Morgan fingerprint density at radius 3 is 2.29 bits per heavy atom. The summed E-state index contributed by atoms with van der Waals surface area (Å²) in [5.41, 5.74) is 0.169. The fourth-order valence-electron chi connectivity index (χ4n) is 3.34. The molecule has 1 aromatic carbocycles. The van der Waals surface area contributed by atoms with Crippen molar-refractivity contribution in [3.05, 3.63) is 35.1 Å². The van der Waals surface area contributed by atoms with Gasteiger partial charge in [0.1, 0.15) is 5.82 Å². The van der Waals surface area contributed by atoms with Crippen LogP contribution in [0.25, 0.3) is 0 Å². The molecule has 3 nitrogen and oxygen atoms in total. The highest BCUT2D eigenvalue weighted by Gasteiger charge is 2.30. The number of benzene rings is 1. The van der Waals surface area contributed by atoms with Gasteiger partial charge in [-0.3, -0.25) is 0 Å². The van der Waals surface area contributed by atoms with Crippen molar-refractivity contribution in [1.82, 2.24) is 4.31 Å². The van der Waals surface area contributed by atoms with E-state index < -0.39 is 27.5 Å². The first-order valence-corrected chi connectivity index (χ1v) is 9.96. The molecule has 0 bridgehead atoms. The van der Waals surface area contributed by atoms with Crippen LogP contribution in [0.3, 0.4) is 0 Å². The molecule has 0 aromatic heterocycles. The number of hydrogen-bond acceptors (Lipinski definition) is 2. The SMILES string of the molecule is CCCS(=O)(=O)N1CCC([C@H](C)Cc2cc(F)c(F)cc2F)CC1. The number of halogens is 3. The van der Waals surface area contributed by atoms with Gasteiger partial charge in [-0.05, 0) is 49.1 Å². The molecule has 0 spiro atoms. The minimum atomic E-state index is -3.18. The van der Waals surface area contributed by atoms with Gasteiger partial charge in [-0.25, -0.2) is 25.9 Å². The lowest BCUT2D eigenvalue weighted by molar-refractivity contribution is 0.215. The summed E-state index contributed by atoms with van der Waals surface area (Å²) in [7, 11) is -3.18. The third-order valence-electron chi connectivity index (χ3n) is 4.79. The van der Waals surface area contributed by atoms with Gasteiger partial charge in [-0.15, -0.1) is 0 Å². The molecule has 24 heavy (non-hydrogen) atoms. The van der Waals surface area contributed by atoms with Crippen LogP contribution in [0.15, 0.2) is 12.1 Å². The standard InChI is InChI=1S/C17H24F3NO2S/c1-3-8-24(22,23)21-6-4-13(5-7-21)12(2)9-14-10-16(19)17(20)11-15(14)18/h10-13H,3-9H2,1-2H3/t12-/m1/s1. The molecule has 0 aliphatic carbocycles. The van der Waals surface area contributed by atoms with E-state index in [0.29, 0.717) is 44.8 Å². The smallest absolute Gasteiger partial charge is 0.212 e. The molecule has 0 N–H and O–H groups in total. The molecule has 0 saturated carbocycles. The molecule has 1 aliphatic heterocycles. The fraction of sp³-hybridized carbons (Fsp3) is 0.647. The average Bonchev–Trinajstić information content (AvgIpc) is 2.52. The monoisotopic (exact) mass is 363 g/mol. The van der Waals surface area contributed by atoms with Crippen molar-refractivity contribution in [2.24, 2.45) is 11.8 Å². The molecular formula is C17H24F3NO2S.